The Morgan fingerprint density at radius 2 is 2.00 bits per heavy atom. The Morgan fingerprint density at radius 3 is 2.74 bits per heavy atom. The van der Waals surface area contributed by atoms with Gasteiger partial charge in [-0.1, -0.05) is 13.0 Å². The van der Waals surface area contributed by atoms with Gasteiger partial charge in [0.25, 0.3) is 0 Å². The van der Waals surface area contributed by atoms with E-state index in [0.717, 1.165) is 48.4 Å². The number of hydrogen-bond donors (Lipinski definition) is 5. The van der Waals surface area contributed by atoms with Crippen molar-refractivity contribution in [1.82, 2.24) is 29.7 Å². The molecule has 2 aromatic heterocycles. The summed E-state index contributed by atoms with van der Waals surface area (Å²) < 4.78 is 8.17. The van der Waals surface area contributed by atoms with Crippen LogP contribution in [0.2, 0.25) is 0 Å². The van der Waals surface area contributed by atoms with Gasteiger partial charge in [-0.3, -0.25) is 14.8 Å². The number of aryl methyl sites for hydroxylation is 1. The van der Waals surface area contributed by atoms with Crippen LogP contribution < -0.4 is 16.0 Å². The third-order valence-electron chi connectivity index (χ3n) is 10.4. The largest absolute Gasteiger partial charge is 0.387 e. The highest BCUT2D eigenvalue weighted by Crippen LogP contribution is 2.48. The first-order chi connectivity index (χ1) is 20.1. The Balaban J connectivity index is 0.954. The zero-order valence-corrected chi connectivity index (χ0v) is 25.2. The molecule has 0 amide bonds. The van der Waals surface area contributed by atoms with Crippen molar-refractivity contribution in [3.8, 4) is 0 Å². The number of nitrogens with two attached hydrogens (primary N) is 1. The Labute approximate surface area is 247 Å². The van der Waals surface area contributed by atoms with Gasteiger partial charge in [-0.25, -0.2) is 9.97 Å². The Hall–Kier alpha value is -2.54. The molecule has 42 heavy (non-hydrogen) atoms. The maximum atomic E-state index is 11.0. The lowest BCUT2D eigenvalue weighted by Crippen LogP contribution is -2.52. The molecule has 1 unspecified atom stereocenters. The number of nitrogens with zero attached hydrogens (tertiary/aromatic N) is 5. The molecule has 228 valence electrons. The molecule has 7 rings (SSSR count). The molecule has 1 saturated heterocycles. The van der Waals surface area contributed by atoms with Gasteiger partial charge in [0.05, 0.1) is 24.0 Å². The Kier molecular flexibility index (Phi) is 7.11. The highest BCUT2D eigenvalue weighted by Gasteiger charge is 2.47. The zero-order chi connectivity index (χ0) is 29.3. The van der Waals surface area contributed by atoms with Crippen LogP contribution >= 0.6 is 0 Å². The second-order valence-corrected chi connectivity index (χ2v) is 13.7. The summed E-state index contributed by atoms with van der Waals surface area (Å²) in [5.74, 6) is 2.55. The molecular weight excluding hydrogens is 532 g/mol. The minimum Gasteiger partial charge on any atom is -0.387 e. The lowest BCUT2D eigenvalue weighted by molar-refractivity contribution is -0.0628. The number of rotatable bonds is 9. The third kappa shape index (κ3) is 4.93. The van der Waals surface area contributed by atoms with Crippen molar-refractivity contribution < 1.29 is 14.9 Å². The Bertz CT molecular complexity index is 1430. The topological polar surface area (TPSA) is 141 Å². The molecule has 2 aliphatic carbocycles. The standard InChI is InChI=1S/C31H46N8O3/c1-17(2)38(14-23-26(40)27(41)30(42-23)39-16-33-25-28(32)34-15-37(4)29(25)39)20-11-18(12-20)5-8-24-35-21-7-6-19(13-22(21)36-24)31(3)9-10-31/h6-7,13,16-18,20,23,26-28,30,34,40-41H,5,8-12,14-15,32H2,1-4H3,(H,35,36)/t18?,20?,23-,26-,27-,28?,30-/m1/s1. The van der Waals surface area contributed by atoms with Crippen molar-refractivity contribution in [1.29, 1.82) is 0 Å². The van der Waals surface area contributed by atoms with Crippen LogP contribution in [-0.4, -0.2) is 85.3 Å². The molecule has 11 nitrogen and oxygen atoms in total. The van der Waals surface area contributed by atoms with E-state index in [9.17, 15) is 10.2 Å². The van der Waals surface area contributed by atoms with Gasteiger partial charge in [-0.15, -0.1) is 0 Å². The summed E-state index contributed by atoms with van der Waals surface area (Å²) in [6, 6.07) is 7.47. The van der Waals surface area contributed by atoms with Gasteiger partial charge in [-0.2, -0.15) is 0 Å². The number of anilines is 1. The molecule has 4 heterocycles. The minimum absolute atomic E-state index is 0.303. The first-order valence-electron chi connectivity index (χ1n) is 15.6. The zero-order valence-electron chi connectivity index (χ0n) is 25.2. The van der Waals surface area contributed by atoms with E-state index >= 15 is 0 Å². The van der Waals surface area contributed by atoms with Crippen molar-refractivity contribution in [2.45, 2.75) is 108 Å². The number of aromatic nitrogens is 4. The molecule has 0 radical (unpaired) electrons. The molecule has 3 fully saturated rings. The summed E-state index contributed by atoms with van der Waals surface area (Å²) in [4.78, 5) is 17.4. The summed E-state index contributed by atoms with van der Waals surface area (Å²) in [5, 5.41) is 25.3. The number of benzene rings is 1. The van der Waals surface area contributed by atoms with Crippen LogP contribution in [0.5, 0.6) is 0 Å². The fourth-order valence-electron chi connectivity index (χ4n) is 7.25. The third-order valence-corrected chi connectivity index (χ3v) is 10.4. The second kappa shape index (κ2) is 10.6. The van der Waals surface area contributed by atoms with Gasteiger partial charge >= 0.3 is 0 Å². The normalized spacial score (nSPS) is 32.1. The highest BCUT2D eigenvalue weighted by molar-refractivity contribution is 5.76. The number of aromatic amines is 1. The summed E-state index contributed by atoms with van der Waals surface area (Å²) in [7, 11) is 1.94. The number of fused-ring (bicyclic) bond motifs is 2. The molecule has 2 saturated carbocycles. The summed E-state index contributed by atoms with van der Waals surface area (Å²) in [5.41, 5.74) is 10.9. The van der Waals surface area contributed by atoms with Crippen molar-refractivity contribution in [2.75, 3.05) is 25.2 Å². The van der Waals surface area contributed by atoms with Gasteiger partial charge in [0.2, 0.25) is 0 Å². The summed E-state index contributed by atoms with van der Waals surface area (Å²) >= 11 is 0. The average molecular weight is 579 g/mol. The van der Waals surface area contributed by atoms with Gasteiger partial charge < -0.3 is 30.6 Å². The quantitative estimate of drug-likeness (QED) is 0.259. The van der Waals surface area contributed by atoms with Crippen LogP contribution in [0.3, 0.4) is 0 Å². The monoisotopic (exact) mass is 578 g/mol. The molecule has 2 aliphatic heterocycles. The number of aliphatic hydroxyl groups is 2. The van der Waals surface area contributed by atoms with E-state index in [1.807, 2.05) is 16.5 Å². The number of H-pyrrole nitrogens is 1. The predicted octanol–water partition coefficient (Wildman–Crippen LogP) is 2.51. The van der Waals surface area contributed by atoms with Gasteiger partial charge in [-0.05, 0) is 75.0 Å². The van der Waals surface area contributed by atoms with Crippen molar-refractivity contribution in [3.63, 3.8) is 0 Å². The fourth-order valence-corrected chi connectivity index (χ4v) is 7.25. The van der Waals surface area contributed by atoms with Crippen LogP contribution in [0.25, 0.3) is 11.0 Å². The van der Waals surface area contributed by atoms with Crippen molar-refractivity contribution in [2.24, 2.45) is 11.7 Å². The van der Waals surface area contributed by atoms with E-state index in [1.165, 1.54) is 18.4 Å². The molecular formula is C31H46N8O3. The van der Waals surface area contributed by atoms with Crippen LogP contribution in [0.4, 0.5) is 5.82 Å². The van der Waals surface area contributed by atoms with Crippen molar-refractivity contribution in [3.05, 3.63) is 41.6 Å². The lowest BCUT2D eigenvalue weighted by Gasteiger charge is -2.46. The number of imidazole rings is 2. The van der Waals surface area contributed by atoms with Gasteiger partial charge in [0.1, 0.15) is 41.8 Å². The van der Waals surface area contributed by atoms with E-state index in [0.29, 0.717) is 42.3 Å². The van der Waals surface area contributed by atoms with Crippen LogP contribution in [0.1, 0.15) is 82.4 Å². The minimum atomic E-state index is -1.05. The maximum absolute atomic E-state index is 11.0. The SMILES string of the molecule is CC(C)N(C[C@H]1O[C@@H](n2cnc3c2N(C)CNC3N)[C@H](O)[C@@H]1O)C1CC(CCc2nc3cc(C4(C)CC4)ccc3[nH]2)C1. The molecule has 6 N–H and O–H groups in total. The smallest absolute Gasteiger partial charge is 0.165 e. The first kappa shape index (κ1) is 28.2. The number of ether oxygens (including phenoxy) is 1. The molecule has 4 aliphatic rings. The van der Waals surface area contributed by atoms with E-state index < -0.39 is 24.5 Å². The molecule has 0 bridgehead atoms. The second-order valence-electron chi connectivity index (χ2n) is 13.7. The highest BCUT2D eigenvalue weighted by atomic mass is 16.6. The average Bonchev–Trinajstić information content (AvgIpc) is 3.25. The molecule has 1 aromatic carbocycles. The molecule has 5 atom stereocenters. The molecule has 3 aromatic rings. The van der Waals surface area contributed by atoms with Crippen LogP contribution in [0.15, 0.2) is 24.5 Å². The van der Waals surface area contributed by atoms with E-state index in [-0.39, 0.29) is 6.17 Å². The van der Waals surface area contributed by atoms with Gasteiger partial charge in [0, 0.05) is 32.1 Å². The van der Waals surface area contributed by atoms with Crippen LogP contribution in [0, 0.1) is 5.92 Å². The van der Waals surface area contributed by atoms with E-state index in [2.05, 4.69) is 59.2 Å². The lowest BCUT2D eigenvalue weighted by atomic mass is 9.76. The van der Waals surface area contributed by atoms with E-state index in [1.54, 1.807) is 6.33 Å². The predicted molar refractivity (Wildman–Crippen MR) is 161 cm³/mol. The first-order valence-corrected chi connectivity index (χ1v) is 15.6. The number of aliphatic hydroxyl groups excluding tert-OH is 2. The molecule has 11 heteroatoms. The summed E-state index contributed by atoms with van der Waals surface area (Å²) in [6.45, 7) is 7.87. The number of hydrogen-bond acceptors (Lipinski definition) is 9. The maximum Gasteiger partial charge on any atom is 0.165 e. The van der Waals surface area contributed by atoms with Gasteiger partial charge in [0.15, 0.2) is 6.23 Å². The number of nitrogens with one attached hydrogen (secondary N) is 2. The Morgan fingerprint density at radius 1 is 1.21 bits per heavy atom. The molecule has 0 spiro atoms. The van der Waals surface area contributed by atoms with Crippen LogP contribution in [-0.2, 0) is 16.6 Å². The van der Waals surface area contributed by atoms with Crippen molar-refractivity contribution >= 4 is 16.9 Å². The van der Waals surface area contributed by atoms with E-state index in [4.69, 9.17) is 15.5 Å². The summed E-state index contributed by atoms with van der Waals surface area (Å²) in [6.07, 6.45) is 4.90. The fraction of sp³-hybridized carbons (Fsp3) is 0.677.